The molecule has 0 spiro atoms. The minimum atomic E-state index is -0.938. The largest absolute Gasteiger partial charge is 0.481 e. The number of nitrogens with one attached hydrogen (secondary N) is 1. The van der Waals surface area contributed by atoms with E-state index in [4.69, 9.17) is 10.8 Å². The van der Waals surface area contributed by atoms with E-state index in [0.717, 1.165) is 0 Å². The van der Waals surface area contributed by atoms with Crippen molar-refractivity contribution in [1.82, 2.24) is 5.32 Å². The third-order valence-electron chi connectivity index (χ3n) is 3.28. The van der Waals surface area contributed by atoms with Gasteiger partial charge in [-0.1, -0.05) is 13.8 Å². The molecule has 6 nitrogen and oxygen atoms in total. The summed E-state index contributed by atoms with van der Waals surface area (Å²) in [6, 6.07) is 0. The van der Waals surface area contributed by atoms with Crippen LogP contribution in [0.5, 0.6) is 0 Å². The first-order valence-electron chi connectivity index (χ1n) is 5.57. The number of hydrogen-bond acceptors (Lipinski definition) is 3. The highest BCUT2D eigenvalue weighted by Crippen LogP contribution is 2.58. The minimum Gasteiger partial charge on any atom is -0.481 e. The number of carboxylic acid groups (broad SMARTS) is 1. The zero-order valence-electron chi connectivity index (χ0n) is 10.0. The second-order valence-electron chi connectivity index (χ2n) is 4.98. The molecule has 1 saturated carbocycles. The topological polar surface area (TPSA) is 109 Å². The predicted molar refractivity (Wildman–Crippen MR) is 59.8 cm³/mol. The van der Waals surface area contributed by atoms with Gasteiger partial charge in [0.25, 0.3) is 0 Å². The second kappa shape index (κ2) is 4.73. The van der Waals surface area contributed by atoms with Crippen molar-refractivity contribution in [1.29, 1.82) is 0 Å². The molecule has 1 fully saturated rings. The Bertz CT molecular complexity index is 351. The number of carboxylic acids is 1. The van der Waals surface area contributed by atoms with E-state index in [1.54, 1.807) is 13.8 Å². The lowest BCUT2D eigenvalue weighted by atomic mass is 10.1. The van der Waals surface area contributed by atoms with Crippen LogP contribution in [0.2, 0.25) is 0 Å². The summed E-state index contributed by atoms with van der Waals surface area (Å²) in [6.07, 6.45) is 0.697. The monoisotopic (exact) mass is 242 g/mol. The van der Waals surface area contributed by atoms with Gasteiger partial charge in [-0.15, -0.1) is 0 Å². The van der Waals surface area contributed by atoms with Gasteiger partial charge in [-0.2, -0.15) is 0 Å². The van der Waals surface area contributed by atoms with Crippen LogP contribution in [0.4, 0.5) is 0 Å². The maximum atomic E-state index is 11.7. The third-order valence-corrected chi connectivity index (χ3v) is 3.28. The molecule has 0 heterocycles. The number of carbonyl (C=O) groups excluding carboxylic acids is 2. The van der Waals surface area contributed by atoms with Gasteiger partial charge >= 0.3 is 5.97 Å². The summed E-state index contributed by atoms with van der Waals surface area (Å²) in [5, 5.41) is 11.5. The van der Waals surface area contributed by atoms with Crippen molar-refractivity contribution in [2.45, 2.75) is 26.7 Å². The molecular weight excluding hydrogens is 224 g/mol. The number of hydrogen-bond donors (Lipinski definition) is 3. The van der Waals surface area contributed by atoms with Crippen LogP contribution in [0.15, 0.2) is 0 Å². The van der Waals surface area contributed by atoms with Gasteiger partial charge in [0.1, 0.15) is 0 Å². The summed E-state index contributed by atoms with van der Waals surface area (Å²) in [5.74, 6) is -2.69. The molecule has 0 aromatic carbocycles. The fourth-order valence-electron chi connectivity index (χ4n) is 2.17. The molecule has 6 heteroatoms. The molecule has 17 heavy (non-hydrogen) atoms. The van der Waals surface area contributed by atoms with Crippen molar-refractivity contribution in [2.24, 2.45) is 23.0 Å². The summed E-state index contributed by atoms with van der Waals surface area (Å²) in [7, 11) is 0. The van der Waals surface area contributed by atoms with Gasteiger partial charge in [0, 0.05) is 13.0 Å². The third kappa shape index (κ3) is 2.95. The molecule has 0 aromatic rings. The van der Waals surface area contributed by atoms with Crippen LogP contribution < -0.4 is 11.1 Å². The Hall–Kier alpha value is -1.59. The molecule has 1 rings (SSSR count). The van der Waals surface area contributed by atoms with Crippen LogP contribution in [0.25, 0.3) is 0 Å². The Labute approximate surface area is 99.6 Å². The Morgan fingerprint density at radius 2 is 1.88 bits per heavy atom. The van der Waals surface area contributed by atoms with Gasteiger partial charge in [0.15, 0.2) is 0 Å². The molecular formula is C11H18N2O4. The summed E-state index contributed by atoms with van der Waals surface area (Å²) in [4.78, 5) is 33.0. The van der Waals surface area contributed by atoms with Crippen LogP contribution in [0.3, 0.4) is 0 Å². The smallest absolute Gasteiger partial charge is 0.307 e. The number of aliphatic carboxylic acids is 1. The fraction of sp³-hybridized carbons (Fsp3) is 0.727. The minimum absolute atomic E-state index is 0.219. The Balaban J connectivity index is 2.35. The summed E-state index contributed by atoms with van der Waals surface area (Å²) in [5.41, 5.74) is 4.47. The molecule has 0 aromatic heterocycles. The van der Waals surface area contributed by atoms with E-state index in [-0.39, 0.29) is 12.3 Å². The maximum absolute atomic E-state index is 11.7. The van der Waals surface area contributed by atoms with Crippen LogP contribution in [0, 0.1) is 17.3 Å². The lowest BCUT2D eigenvalue weighted by Crippen LogP contribution is -2.29. The van der Waals surface area contributed by atoms with Crippen molar-refractivity contribution >= 4 is 17.8 Å². The SMILES string of the molecule is CC1(C)[C@H](C(=O)O)[C@@H]1C(=O)NCCCC(N)=O. The van der Waals surface area contributed by atoms with Crippen LogP contribution in [-0.4, -0.2) is 29.4 Å². The highest BCUT2D eigenvalue weighted by molar-refractivity contribution is 5.91. The number of rotatable bonds is 6. The van der Waals surface area contributed by atoms with Crippen molar-refractivity contribution in [3.05, 3.63) is 0 Å². The van der Waals surface area contributed by atoms with Crippen LogP contribution >= 0.6 is 0 Å². The molecule has 96 valence electrons. The fourth-order valence-corrected chi connectivity index (χ4v) is 2.17. The standard InChI is InChI=1S/C11H18N2O4/c1-11(2)7(8(11)10(16)17)9(15)13-5-3-4-6(12)14/h7-8H,3-5H2,1-2H3,(H2,12,14)(H,13,15)(H,16,17)/t7-,8+/m1/s1. The van der Waals surface area contributed by atoms with Crippen molar-refractivity contribution < 1.29 is 19.5 Å². The van der Waals surface area contributed by atoms with Gasteiger partial charge in [0.05, 0.1) is 11.8 Å². The zero-order chi connectivity index (χ0) is 13.2. The summed E-state index contributed by atoms with van der Waals surface area (Å²) >= 11 is 0. The van der Waals surface area contributed by atoms with E-state index < -0.39 is 29.1 Å². The van der Waals surface area contributed by atoms with Crippen LogP contribution in [0.1, 0.15) is 26.7 Å². The lowest BCUT2D eigenvalue weighted by Gasteiger charge is -2.04. The van der Waals surface area contributed by atoms with Gasteiger partial charge < -0.3 is 16.2 Å². The Morgan fingerprint density at radius 3 is 2.29 bits per heavy atom. The van der Waals surface area contributed by atoms with Gasteiger partial charge in [-0.25, -0.2) is 0 Å². The molecule has 4 N–H and O–H groups in total. The van der Waals surface area contributed by atoms with E-state index in [9.17, 15) is 14.4 Å². The zero-order valence-corrected chi connectivity index (χ0v) is 10.0. The van der Waals surface area contributed by atoms with Crippen molar-refractivity contribution in [2.75, 3.05) is 6.54 Å². The van der Waals surface area contributed by atoms with E-state index in [0.29, 0.717) is 13.0 Å². The van der Waals surface area contributed by atoms with E-state index in [2.05, 4.69) is 5.32 Å². The molecule has 1 aliphatic rings. The van der Waals surface area contributed by atoms with E-state index >= 15 is 0 Å². The van der Waals surface area contributed by atoms with Crippen LogP contribution in [-0.2, 0) is 14.4 Å². The van der Waals surface area contributed by atoms with Gasteiger partial charge in [0.2, 0.25) is 11.8 Å². The molecule has 0 unspecified atom stereocenters. The molecule has 0 bridgehead atoms. The average molecular weight is 242 g/mol. The van der Waals surface area contributed by atoms with Crippen molar-refractivity contribution in [3.63, 3.8) is 0 Å². The molecule has 2 atom stereocenters. The maximum Gasteiger partial charge on any atom is 0.307 e. The lowest BCUT2D eigenvalue weighted by molar-refractivity contribution is -0.140. The average Bonchev–Trinajstić information content (AvgIpc) is 2.76. The highest BCUT2D eigenvalue weighted by Gasteiger charge is 2.65. The molecule has 0 radical (unpaired) electrons. The molecule has 1 aliphatic carbocycles. The normalized spacial score (nSPS) is 25.1. The number of primary amides is 1. The van der Waals surface area contributed by atoms with E-state index in [1.165, 1.54) is 0 Å². The van der Waals surface area contributed by atoms with Gasteiger partial charge in [-0.05, 0) is 11.8 Å². The molecule has 0 aliphatic heterocycles. The first-order chi connectivity index (χ1) is 7.78. The molecule has 0 saturated heterocycles. The number of carbonyl (C=O) groups is 3. The number of amides is 2. The molecule has 2 amide bonds. The van der Waals surface area contributed by atoms with Crippen molar-refractivity contribution in [3.8, 4) is 0 Å². The predicted octanol–water partition coefficient (Wildman–Crippen LogP) is -0.275. The first-order valence-corrected chi connectivity index (χ1v) is 5.57. The highest BCUT2D eigenvalue weighted by atomic mass is 16.4. The van der Waals surface area contributed by atoms with E-state index in [1.807, 2.05) is 0 Å². The quantitative estimate of drug-likeness (QED) is 0.556. The first kappa shape index (κ1) is 13.5. The Kier molecular flexibility index (Phi) is 3.75. The summed E-state index contributed by atoms with van der Waals surface area (Å²) in [6.45, 7) is 3.87. The number of nitrogens with two attached hydrogens (primary N) is 1. The Morgan fingerprint density at radius 1 is 1.29 bits per heavy atom. The summed E-state index contributed by atoms with van der Waals surface area (Å²) < 4.78 is 0. The van der Waals surface area contributed by atoms with Gasteiger partial charge in [-0.3, -0.25) is 14.4 Å². The second-order valence-corrected chi connectivity index (χ2v) is 4.98.